The predicted molar refractivity (Wildman–Crippen MR) is 141 cm³/mol. The van der Waals surface area contributed by atoms with Crippen molar-refractivity contribution in [3.63, 3.8) is 0 Å². The molecule has 2 amide bonds. The number of hydrogen-bond donors (Lipinski definition) is 3. The van der Waals surface area contributed by atoms with Crippen LogP contribution in [-0.2, 0) is 16.2 Å². The van der Waals surface area contributed by atoms with Crippen LogP contribution >= 0.6 is 34.8 Å². The number of benzene rings is 3. The van der Waals surface area contributed by atoms with E-state index in [4.69, 9.17) is 39.6 Å². The monoisotopic (exact) mass is 562 g/mol. The first kappa shape index (κ1) is 27.4. The number of carbonyl (C=O) groups is 2. The van der Waals surface area contributed by atoms with Crippen LogP contribution in [0.25, 0.3) is 0 Å². The largest absolute Gasteiger partial charge is 0.394 e. The van der Waals surface area contributed by atoms with Crippen molar-refractivity contribution < 1.29 is 24.6 Å². The van der Waals surface area contributed by atoms with Gasteiger partial charge in [0.2, 0.25) is 0 Å². The molecular formula is C27H25Cl3N2O5. The van der Waals surface area contributed by atoms with Gasteiger partial charge in [0.05, 0.1) is 37.3 Å². The lowest BCUT2D eigenvalue weighted by Gasteiger charge is -2.46. The molecule has 0 bridgehead atoms. The standard InChI is InChI=1S/C27H25Cl3N2O5/c1-15(34)23(13-33)32-25(21-11-10-18(29)12-22(21)30)24(19-4-2-3-5-20(19)27(32)36)26(35)31-37-14-16-6-8-17(28)9-7-16/h2-12,15,23-25,33-34H,13-14H2,1H3,(H,31,35)/t15-,23-,24+,25-/m0/s1. The first-order valence-corrected chi connectivity index (χ1v) is 12.7. The number of carbonyl (C=O) groups excluding carboxylic acids is 2. The Bertz CT molecular complexity index is 1290. The van der Waals surface area contributed by atoms with Gasteiger partial charge in [-0.05, 0) is 53.9 Å². The van der Waals surface area contributed by atoms with Gasteiger partial charge in [-0.25, -0.2) is 5.48 Å². The van der Waals surface area contributed by atoms with Gasteiger partial charge in [-0.3, -0.25) is 14.4 Å². The molecule has 4 atom stereocenters. The molecule has 1 heterocycles. The second-order valence-electron chi connectivity index (χ2n) is 8.76. The molecule has 194 valence electrons. The fraction of sp³-hybridized carbons (Fsp3) is 0.259. The SMILES string of the molecule is C[C@H](O)[C@H](CO)N1C(=O)c2ccccc2[C@@H](C(=O)NOCc2ccc(Cl)cc2)[C@@H]1c1ccc(Cl)cc1Cl. The molecule has 1 aliphatic rings. The van der Waals surface area contributed by atoms with Gasteiger partial charge >= 0.3 is 0 Å². The molecule has 4 rings (SSSR count). The van der Waals surface area contributed by atoms with E-state index in [1.807, 2.05) is 0 Å². The highest BCUT2D eigenvalue weighted by Crippen LogP contribution is 2.46. The summed E-state index contributed by atoms with van der Waals surface area (Å²) in [5.74, 6) is -1.96. The van der Waals surface area contributed by atoms with E-state index in [1.54, 1.807) is 60.7 Å². The molecule has 3 aromatic carbocycles. The number of amides is 2. The summed E-state index contributed by atoms with van der Waals surface area (Å²) >= 11 is 18.6. The highest BCUT2D eigenvalue weighted by atomic mass is 35.5. The average molecular weight is 564 g/mol. The fourth-order valence-electron chi connectivity index (χ4n) is 4.58. The Balaban J connectivity index is 1.78. The first-order chi connectivity index (χ1) is 17.7. The highest BCUT2D eigenvalue weighted by Gasteiger charge is 2.48. The molecular weight excluding hydrogens is 539 g/mol. The summed E-state index contributed by atoms with van der Waals surface area (Å²) in [7, 11) is 0. The third-order valence-corrected chi connectivity index (χ3v) is 7.18. The topological polar surface area (TPSA) is 99.1 Å². The molecule has 0 unspecified atom stereocenters. The van der Waals surface area contributed by atoms with E-state index in [-0.39, 0.29) is 17.2 Å². The molecule has 0 spiro atoms. The molecule has 37 heavy (non-hydrogen) atoms. The number of hydroxylamine groups is 1. The lowest BCUT2D eigenvalue weighted by Crippen LogP contribution is -2.55. The number of rotatable bonds is 8. The molecule has 7 nitrogen and oxygen atoms in total. The van der Waals surface area contributed by atoms with Crippen molar-refractivity contribution in [1.29, 1.82) is 0 Å². The van der Waals surface area contributed by atoms with E-state index in [0.29, 0.717) is 21.2 Å². The first-order valence-electron chi connectivity index (χ1n) is 11.5. The maximum absolute atomic E-state index is 13.7. The Morgan fingerprint density at radius 3 is 2.35 bits per heavy atom. The highest BCUT2D eigenvalue weighted by molar-refractivity contribution is 6.35. The van der Waals surface area contributed by atoms with E-state index < -0.39 is 42.5 Å². The summed E-state index contributed by atoms with van der Waals surface area (Å²) in [5.41, 5.74) is 4.48. The summed E-state index contributed by atoms with van der Waals surface area (Å²) in [6, 6.07) is 16.5. The van der Waals surface area contributed by atoms with Gasteiger partial charge in [-0.1, -0.05) is 71.2 Å². The van der Waals surface area contributed by atoms with Gasteiger partial charge < -0.3 is 15.1 Å². The molecule has 0 saturated carbocycles. The minimum Gasteiger partial charge on any atom is -0.394 e. The van der Waals surface area contributed by atoms with Crippen LogP contribution in [0.15, 0.2) is 66.7 Å². The summed E-state index contributed by atoms with van der Waals surface area (Å²) < 4.78 is 0. The van der Waals surface area contributed by atoms with Crippen molar-refractivity contribution >= 4 is 46.6 Å². The van der Waals surface area contributed by atoms with Crippen LogP contribution in [0, 0.1) is 0 Å². The van der Waals surface area contributed by atoms with Gasteiger partial charge in [0.25, 0.3) is 11.8 Å². The van der Waals surface area contributed by atoms with Crippen molar-refractivity contribution in [2.24, 2.45) is 0 Å². The van der Waals surface area contributed by atoms with Crippen molar-refractivity contribution in [1.82, 2.24) is 10.4 Å². The third kappa shape index (κ3) is 5.77. The van der Waals surface area contributed by atoms with Crippen molar-refractivity contribution in [3.05, 3.63) is 104 Å². The number of hydrogen-bond acceptors (Lipinski definition) is 5. The molecule has 0 aliphatic carbocycles. The van der Waals surface area contributed by atoms with Crippen LogP contribution in [0.3, 0.4) is 0 Å². The second kappa shape index (κ2) is 11.8. The molecule has 3 aromatic rings. The number of nitrogens with one attached hydrogen (secondary N) is 1. The summed E-state index contributed by atoms with van der Waals surface area (Å²) in [4.78, 5) is 34.3. The van der Waals surface area contributed by atoms with Gasteiger partial charge in [-0.2, -0.15) is 0 Å². The lowest BCUT2D eigenvalue weighted by molar-refractivity contribution is -0.138. The fourth-order valence-corrected chi connectivity index (χ4v) is 5.23. The van der Waals surface area contributed by atoms with E-state index in [1.165, 1.54) is 17.9 Å². The molecule has 0 aromatic heterocycles. The Kier molecular flexibility index (Phi) is 8.75. The van der Waals surface area contributed by atoms with E-state index in [2.05, 4.69) is 5.48 Å². The second-order valence-corrected chi connectivity index (χ2v) is 10.0. The Labute approximate surface area is 229 Å². The van der Waals surface area contributed by atoms with Crippen LogP contribution in [0.1, 0.15) is 45.9 Å². The van der Waals surface area contributed by atoms with Crippen LogP contribution in [0.2, 0.25) is 15.1 Å². The van der Waals surface area contributed by atoms with E-state index in [0.717, 1.165) is 5.56 Å². The van der Waals surface area contributed by atoms with Gasteiger partial charge in [0, 0.05) is 20.6 Å². The maximum Gasteiger partial charge on any atom is 0.255 e. The van der Waals surface area contributed by atoms with E-state index >= 15 is 0 Å². The summed E-state index contributed by atoms with van der Waals surface area (Å²) in [6.45, 7) is 1.02. The molecule has 10 heteroatoms. The van der Waals surface area contributed by atoms with Crippen molar-refractivity contribution in [2.75, 3.05) is 6.61 Å². The third-order valence-electron chi connectivity index (χ3n) is 6.37. The number of nitrogens with zero attached hydrogens (tertiary/aromatic N) is 1. The summed E-state index contributed by atoms with van der Waals surface area (Å²) in [5, 5.41) is 21.8. The smallest absolute Gasteiger partial charge is 0.255 e. The van der Waals surface area contributed by atoms with Gasteiger partial charge in [0.15, 0.2) is 0 Å². The van der Waals surface area contributed by atoms with Crippen molar-refractivity contribution in [2.45, 2.75) is 37.6 Å². The molecule has 1 aliphatic heterocycles. The summed E-state index contributed by atoms with van der Waals surface area (Å²) in [6.07, 6.45) is -1.10. The molecule has 3 N–H and O–H groups in total. The van der Waals surface area contributed by atoms with Gasteiger partial charge in [0.1, 0.15) is 0 Å². The minimum absolute atomic E-state index is 0.0826. The van der Waals surface area contributed by atoms with Crippen molar-refractivity contribution in [3.8, 4) is 0 Å². The number of halogens is 3. The molecule has 0 saturated heterocycles. The number of fused-ring (bicyclic) bond motifs is 1. The molecule has 0 radical (unpaired) electrons. The maximum atomic E-state index is 13.7. The zero-order chi connectivity index (χ0) is 26.7. The van der Waals surface area contributed by atoms with Gasteiger partial charge in [-0.15, -0.1) is 0 Å². The Morgan fingerprint density at radius 1 is 1.03 bits per heavy atom. The van der Waals surface area contributed by atoms with Crippen LogP contribution in [0.4, 0.5) is 0 Å². The lowest BCUT2D eigenvalue weighted by atomic mass is 9.78. The Hall–Kier alpha value is -2.65. The van der Waals surface area contributed by atoms with E-state index in [9.17, 15) is 19.8 Å². The van der Waals surface area contributed by atoms with Crippen LogP contribution in [0.5, 0.6) is 0 Å². The van der Waals surface area contributed by atoms with Crippen LogP contribution in [-0.4, -0.2) is 45.7 Å². The zero-order valence-electron chi connectivity index (χ0n) is 19.8. The Morgan fingerprint density at radius 2 is 1.70 bits per heavy atom. The zero-order valence-corrected chi connectivity index (χ0v) is 22.0. The average Bonchev–Trinajstić information content (AvgIpc) is 2.87. The predicted octanol–water partition coefficient (Wildman–Crippen LogP) is 4.92. The molecule has 0 fully saturated rings. The number of aliphatic hydroxyl groups excluding tert-OH is 2. The minimum atomic E-state index is -1.10. The number of aliphatic hydroxyl groups is 2. The quantitative estimate of drug-likeness (QED) is 0.338. The normalized spacial score (nSPS) is 18.8. The van der Waals surface area contributed by atoms with Crippen LogP contribution < -0.4 is 5.48 Å².